The molecule has 0 amide bonds. The summed E-state index contributed by atoms with van der Waals surface area (Å²) in [5.74, 6) is 0.0451. The summed E-state index contributed by atoms with van der Waals surface area (Å²) in [5.41, 5.74) is 0. The number of hydrogen-bond donors (Lipinski definition) is 1. The first-order chi connectivity index (χ1) is 3.12. The molecule has 5 heteroatoms. The summed E-state index contributed by atoms with van der Waals surface area (Å²) in [6.45, 7) is 1.53. The molecule has 0 aromatic carbocycles. The van der Waals surface area contributed by atoms with E-state index in [9.17, 15) is 8.42 Å². The lowest BCUT2D eigenvalue weighted by Gasteiger charge is -1.90. The van der Waals surface area contributed by atoms with Crippen LogP contribution in [0.15, 0.2) is 0 Å². The zero-order valence-corrected chi connectivity index (χ0v) is 5.86. The summed E-state index contributed by atoms with van der Waals surface area (Å²) < 4.78 is 24.4. The molecular weight excluding hydrogens is 130 g/mol. The van der Waals surface area contributed by atoms with Crippen molar-refractivity contribution in [3.63, 3.8) is 0 Å². The van der Waals surface area contributed by atoms with Crippen LogP contribution in [0.5, 0.6) is 0 Å². The van der Waals surface area contributed by atoms with E-state index in [-0.39, 0.29) is 11.9 Å². The molecule has 0 fully saturated rings. The van der Waals surface area contributed by atoms with Crippen LogP contribution < -0.4 is 6.15 Å². The van der Waals surface area contributed by atoms with Gasteiger partial charge in [-0.25, -0.2) is 0 Å². The summed E-state index contributed by atoms with van der Waals surface area (Å²) in [4.78, 5) is 0. The predicted molar refractivity (Wildman–Crippen MR) is 31.5 cm³/mol. The van der Waals surface area contributed by atoms with Gasteiger partial charge in [-0.15, -0.1) is 0 Å². The molecule has 0 rings (SSSR count). The van der Waals surface area contributed by atoms with Gasteiger partial charge < -0.3 is 6.15 Å². The summed E-state index contributed by atoms with van der Waals surface area (Å²) in [6.07, 6.45) is 0. The van der Waals surface area contributed by atoms with Gasteiger partial charge in [0.1, 0.15) is 0 Å². The van der Waals surface area contributed by atoms with E-state index >= 15 is 0 Å². The Morgan fingerprint density at radius 3 is 1.88 bits per heavy atom. The summed E-state index contributed by atoms with van der Waals surface area (Å²) in [7, 11) is -2.01. The third-order valence-electron chi connectivity index (χ3n) is 0.607. The lowest BCUT2D eigenvalue weighted by Crippen LogP contribution is -2.03. The van der Waals surface area contributed by atoms with Crippen molar-refractivity contribution < 1.29 is 12.6 Å². The Labute approximate surface area is 49.6 Å². The molecule has 0 aliphatic carbocycles. The molecule has 0 spiro atoms. The zero-order chi connectivity index (χ0) is 5.91. The van der Waals surface area contributed by atoms with E-state index in [0.717, 1.165) is 7.11 Å². The first kappa shape index (κ1) is 10.8. The minimum absolute atomic E-state index is 0. The van der Waals surface area contributed by atoms with Crippen molar-refractivity contribution in [2.24, 2.45) is 0 Å². The van der Waals surface area contributed by atoms with Crippen molar-refractivity contribution in [2.45, 2.75) is 6.92 Å². The van der Waals surface area contributed by atoms with E-state index in [0.29, 0.717) is 0 Å². The van der Waals surface area contributed by atoms with Gasteiger partial charge in [0, 0.05) is 0 Å². The fourth-order valence-electron chi connectivity index (χ4n) is 0.118. The zero-order valence-electron chi connectivity index (χ0n) is 5.05. The normalized spacial score (nSPS) is 10.2. The molecule has 0 saturated carbocycles. The third-order valence-corrected chi connectivity index (χ3v) is 1.82. The van der Waals surface area contributed by atoms with Crippen molar-refractivity contribution >= 4 is 10.1 Å². The van der Waals surface area contributed by atoms with Crippen molar-refractivity contribution in [3.8, 4) is 0 Å². The van der Waals surface area contributed by atoms with Crippen LogP contribution in [0.3, 0.4) is 0 Å². The second-order valence-corrected chi connectivity index (χ2v) is 3.04. The monoisotopic (exact) mass is 141 g/mol. The molecule has 0 aromatic heterocycles. The first-order valence-corrected chi connectivity index (χ1v) is 3.48. The average molecular weight is 141 g/mol. The SMILES string of the molecule is CCS(=O)(=O)OC.N. The van der Waals surface area contributed by atoms with Gasteiger partial charge in [-0.05, 0) is 6.92 Å². The maximum Gasteiger partial charge on any atom is 0.266 e. The molecule has 0 aliphatic rings. The molecular formula is C3H11NO3S. The standard InChI is InChI=1S/C3H8O3S.H3N/c1-3-7(4,5)6-2;/h3H2,1-2H3;1H3. The molecule has 0 atom stereocenters. The highest BCUT2D eigenvalue weighted by Gasteiger charge is 2.00. The molecule has 8 heavy (non-hydrogen) atoms. The maximum atomic E-state index is 10.1. The van der Waals surface area contributed by atoms with Crippen molar-refractivity contribution in [3.05, 3.63) is 0 Å². The Hall–Kier alpha value is -0.130. The van der Waals surface area contributed by atoms with Crippen LogP contribution in [0, 0.1) is 0 Å². The fourth-order valence-corrected chi connectivity index (χ4v) is 0.354. The van der Waals surface area contributed by atoms with Crippen LogP contribution in [0.1, 0.15) is 6.92 Å². The van der Waals surface area contributed by atoms with E-state index in [1.165, 1.54) is 6.92 Å². The molecule has 0 radical (unpaired) electrons. The van der Waals surface area contributed by atoms with Gasteiger partial charge in [0.25, 0.3) is 10.1 Å². The Morgan fingerprint density at radius 1 is 1.50 bits per heavy atom. The smallest absolute Gasteiger partial charge is 0.266 e. The summed E-state index contributed by atoms with van der Waals surface area (Å²) >= 11 is 0. The molecule has 0 bridgehead atoms. The maximum absolute atomic E-state index is 10.1. The quantitative estimate of drug-likeness (QED) is 0.555. The van der Waals surface area contributed by atoms with Gasteiger partial charge in [0.05, 0.1) is 12.9 Å². The van der Waals surface area contributed by atoms with Gasteiger partial charge in [0.2, 0.25) is 0 Å². The highest BCUT2D eigenvalue weighted by Crippen LogP contribution is 1.85. The van der Waals surface area contributed by atoms with Gasteiger partial charge >= 0.3 is 0 Å². The van der Waals surface area contributed by atoms with Crippen molar-refractivity contribution in [1.82, 2.24) is 6.15 Å². The molecule has 52 valence electrons. The lowest BCUT2D eigenvalue weighted by molar-refractivity contribution is 0.399. The molecule has 0 aromatic rings. The molecule has 3 N–H and O–H groups in total. The van der Waals surface area contributed by atoms with Crippen LogP contribution in [-0.4, -0.2) is 21.3 Å². The van der Waals surface area contributed by atoms with Gasteiger partial charge in [-0.1, -0.05) is 0 Å². The Bertz CT molecular complexity index is 117. The van der Waals surface area contributed by atoms with E-state index in [4.69, 9.17) is 0 Å². The second-order valence-electron chi connectivity index (χ2n) is 1.01. The van der Waals surface area contributed by atoms with Crippen LogP contribution in [0.2, 0.25) is 0 Å². The van der Waals surface area contributed by atoms with Crippen LogP contribution >= 0.6 is 0 Å². The summed E-state index contributed by atoms with van der Waals surface area (Å²) in [5, 5.41) is 0. The minimum Gasteiger partial charge on any atom is -0.344 e. The number of rotatable bonds is 2. The molecule has 0 aliphatic heterocycles. The topological polar surface area (TPSA) is 78.4 Å². The van der Waals surface area contributed by atoms with Crippen molar-refractivity contribution in [1.29, 1.82) is 0 Å². The largest absolute Gasteiger partial charge is 0.344 e. The molecule has 0 unspecified atom stereocenters. The summed E-state index contributed by atoms with van der Waals surface area (Å²) in [6, 6.07) is 0. The van der Waals surface area contributed by atoms with E-state index in [2.05, 4.69) is 4.18 Å². The highest BCUT2D eigenvalue weighted by atomic mass is 32.2. The van der Waals surface area contributed by atoms with E-state index < -0.39 is 10.1 Å². The van der Waals surface area contributed by atoms with Crippen LogP contribution in [0.25, 0.3) is 0 Å². The molecule has 0 heterocycles. The van der Waals surface area contributed by atoms with Gasteiger partial charge in [0.15, 0.2) is 0 Å². The van der Waals surface area contributed by atoms with Crippen molar-refractivity contribution in [2.75, 3.05) is 12.9 Å². The Kier molecular flexibility index (Phi) is 5.15. The van der Waals surface area contributed by atoms with E-state index in [1.54, 1.807) is 0 Å². The fraction of sp³-hybridized carbons (Fsp3) is 1.00. The van der Waals surface area contributed by atoms with Crippen LogP contribution in [-0.2, 0) is 14.3 Å². The molecule has 4 nitrogen and oxygen atoms in total. The second kappa shape index (κ2) is 3.82. The Morgan fingerprint density at radius 2 is 1.88 bits per heavy atom. The van der Waals surface area contributed by atoms with Gasteiger partial charge in [-0.2, -0.15) is 8.42 Å². The Balaban J connectivity index is 0. The van der Waals surface area contributed by atoms with Crippen LogP contribution in [0.4, 0.5) is 0 Å². The third kappa shape index (κ3) is 4.04. The van der Waals surface area contributed by atoms with Gasteiger partial charge in [-0.3, -0.25) is 4.18 Å². The lowest BCUT2D eigenvalue weighted by atomic mass is 11.0. The van der Waals surface area contributed by atoms with E-state index in [1.807, 2.05) is 0 Å². The number of hydrogen-bond acceptors (Lipinski definition) is 4. The minimum atomic E-state index is -3.16. The predicted octanol–water partition coefficient (Wildman–Crippen LogP) is 0.145. The molecule has 0 saturated heterocycles. The average Bonchev–Trinajstić information content (AvgIpc) is 1.68. The first-order valence-electron chi connectivity index (χ1n) is 1.90. The highest BCUT2D eigenvalue weighted by molar-refractivity contribution is 7.86.